The highest BCUT2D eigenvalue weighted by Crippen LogP contribution is 2.44. The third-order valence-corrected chi connectivity index (χ3v) is 8.66. The van der Waals surface area contributed by atoms with Crippen molar-refractivity contribution >= 4 is 59.8 Å². The number of hydrogen-bond acceptors (Lipinski definition) is 1. The maximum atomic E-state index is 5.11. The minimum absolute atomic E-state index is 0.129. The number of hydrogen-bond donors (Lipinski definition) is 0. The molecule has 0 saturated carbocycles. The first kappa shape index (κ1) is 27.2. The quantitative estimate of drug-likeness (QED) is 0.157. The molecule has 4 aromatic carbocycles. The number of nitrogens with zero attached hydrogens (tertiary/aromatic N) is 2. The summed E-state index contributed by atoms with van der Waals surface area (Å²) in [7, 11) is 0. The fraction of sp³-hybridized carbons (Fsp3) is 0.375. The van der Waals surface area contributed by atoms with E-state index in [0.717, 1.165) is 24.8 Å². The lowest BCUT2D eigenvalue weighted by Crippen LogP contribution is -2.12. The zero-order valence-corrected chi connectivity index (χ0v) is 26.9. The van der Waals surface area contributed by atoms with Gasteiger partial charge in [0.15, 0.2) is 0 Å². The molecule has 214 valence electrons. The minimum Gasteiger partial charge on any atom is -0.308 e. The highest BCUT2D eigenvalue weighted by atomic mass is 14.9. The molecule has 0 bridgehead atoms. The van der Waals surface area contributed by atoms with Crippen LogP contribution >= 0.6 is 0 Å². The zero-order valence-electron chi connectivity index (χ0n) is 26.9. The average molecular weight is 553 g/mol. The zero-order chi connectivity index (χ0) is 29.8. The van der Waals surface area contributed by atoms with Crippen LogP contribution in [0.15, 0.2) is 66.9 Å². The van der Waals surface area contributed by atoms with E-state index in [9.17, 15) is 0 Å². The summed E-state index contributed by atoms with van der Waals surface area (Å²) in [5.74, 6) is 0. The van der Waals surface area contributed by atoms with Gasteiger partial charge < -0.3 is 4.40 Å². The fourth-order valence-electron chi connectivity index (χ4n) is 7.36. The van der Waals surface area contributed by atoms with Crippen molar-refractivity contribution in [1.82, 2.24) is 9.38 Å². The van der Waals surface area contributed by atoms with Gasteiger partial charge in [-0.3, -0.25) is 4.98 Å². The molecule has 2 nitrogen and oxygen atoms in total. The Labute approximate surface area is 250 Å². The van der Waals surface area contributed by atoms with Gasteiger partial charge in [0.1, 0.15) is 0 Å². The van der Waals surface area contributed by atoms with E-state index >= 15 is 0 Å². The highest BCUT2D eigenvalue weighted by molar-refractivity contribution is 6.29. The summed E-state index contributed by atoms with van der Waals surface area (Å²) in [6, 6.07) is 23.6. The molecule has 3 aromatic heterocycles. The van der Waals surface area contributed by atoms with Crippen molar-refractivity contribution in [2.24, 2.45) is 16.2 Å². The number of pyridine rings is 2. The molecule has 7 aromatic rings. The van der Waals surface area contributed by atoms with Crippen LogP contribution in [0.5, 0.6) is 0 Å². The molecule has 0 N–H and O–H groups in total. The molecule has 0 radical (unpaired) electrons. The van der Waals surface area contributed by atoms with Gasteiger partial charge in [-0.05, 0) is 92.6 Å². The number of aromatic nitrogens is 2. The van der Waals surface area contributed by atoms with E-state index in [1.165, 1.54) is 70.9 Å². The Morgan fingerprint density at radius 2 is 1.19 bits per heavy atom. The molecular formula is C40H44N2. The highest BCUT2D eigenvalue weighted by Gasteiger charge is 2.25. The van der Waals surface area contributed by atoms with Gasteiger partial charge >= 0.3 is 0 Å². The van der Waals surface area contributed by atoms with Crippen molar-refractivity contribution in [3.8, 4) is 0 Å². The first-order chi connectivity index (χ1) is 19.7. The standard InChI is InChI=1S/C40H44N2/c1-38(2,3)21-24-10-13-28-27(18-24)20-31-35-34-26(16-17-41-35)12-14-29-30-19-25(22-39(4,5)6)11-15-33(30)42(37(29)34)36(31)32(28)23-40(7,8)9/h10-20H,21-23H2,1-9H3. The van der Waals surface area contributed by atoms with Crippen LogP contribution in [0.1, 0.15) is 79.0 Å². The Morgan fingerprint density at radius 3 is 1.88 bits per heavy atom. The van der Waals surface area contributed by atoms with Crippen molar-refractivity contribution < 1.29 is 0 Å². The lowest BCUT2D eigenvalue weighted by Gasteiger charge is -2.24. The second-order valence-electron chi connectivity index (χ2n) is 16.4. The second-order valence-corrected chi connectivity index (χ2v) is 16.4. The van der Waals surface area contributed by atoms with Crippen LogP contribution in [0.25, 0.3) is 59.8 Å². The average Bonchev–Trinajstić information content (AvgIpc) is 3.19. The Balaban J connectivity index is 1.69. The maximum absolute atomic E-state index is 5.11. The first-order valence-corrected chi connectivity index (χ1v) is 15.6. The number of rotatable bonds is 3. The monoisotopic (exact) mass is 552 g/mol. The molecule has 0 fully saturated rings. The summed E-state index contributed by atoms with van der Waals surface area (Å²) in [5, 5.41) is 9.17. The van der Waals surface area contributed by atoms with Gasteiger partial charge in [0.2, 0.25) is 0 Å². The van der Waals surface area contributed by atoms with Crippen LogP contribution < -0.4 is 0 Å². The molecule has 42 heavy (non-hydrogen) atoms. The first-order valence-electron chi connectivity index (χ1n) is 15.6. The molecular weight excluding hydrogens is 508 g/mol. The van der Waals surface area contributed by atoms with Gasteiger partial charge in [0.25, 0.3) is 0 Å². The minimum atomic E-state index is 0.129. The van der Waals surface area contributed by atoms with Crippen LogP contribution in [-0.4, -0.2) is 9.38 Å². The van der Waals surface area contributed by atoms with Crippen LogP contribution in [0, 0.1) is 16.2 Å². The lowest BCUT2D eigenvalue weighted by molar-refractivity contribution is 0.411. The molecule has 2 heteroatoms. The Hall–Kier alpha value is -3.65. The Morgan fingerprint density at radius 1 is 0.548 bits per heavy atom. The van der Waals surface area contributed by atoms with Gasteiger partial charge in [-0.15, -0.1) is 0 Å². The summed E-state index contributed by atoms with van der Waals surface area (Å²) in [5.41, 5.74) is 9.90. The van der Waals surface area contributed by atoms with Gasteiger partial charge in [-0.1, -0.05) is 98.7 Å². The molecule has 0 saturated heterocycles. The lowest BCUT2D eigenvalue weighted by atomic mass is 9.83. The maximum Gasteiger partial charge on any atom is 0.0823 e. The molecule has 7 rings (SSSR count). The van der Waals surface area contributed by atoms with E-state index in [1.54, 1.807) is 0 Å². The van der Waals surface area contributed by atoms with Crippen LogP contribution in [0.4, 0.5) is 0 Å². The van der Waals surface area contributed by atoms with E-state index < -0.39 is 0 Å². The Kier molecular flexibility index (Phi) is 5.78. The smallest absolute Gasteiger partial charge is 0.0823 e. The van der Waals surface area contributed by atoms with Gasteiger partial charge in [0, 0.05) is 27.7 Å². The van der Waals surface area contributed by atoms with E-state index in [-0.39, 0.29) is 16.2 Å². The molecule has 0 amide bonds. The normalized spacial score (nSPS) is 13.6. The van der Waals surface area contributed by atoms with Gasteiger partial charge in [-0.2, -0.15) is 0 Å². The molecule has 0 aliphatic carbocycles. The van der Waals surface area contributed by atoms with E-state index in [2.05, 4.69) is 127 Å². The third kappa shape index (κ3) is 4.51. The third-order valence-electron chi connectivity index (χ3n) is 8.66. The summed E-state index contributed by atoms with van der Waals surface area (Å²) < 4.78 is 2.60. The molecule has 0 aliphatic rings. The largest absolute Gasteiger partial charge is 0.308 e. The summed E-state index contributed by atoms with van der Waals surface area (Å²) in [4.78, 5) is 5.11. The predicted molar refractivity (Wildman–Crippen MR) is 183 cm³/mol. The van der Waals surface area contributed by atoms with Crippen LogP contribution in [0.3, 0.4) is 0 Å². The molecule has 0 unspecified atom stereocenters. The van der Waals surface area contributed by atoms with Crippen molar-refractivity contribution in [1.29, 1.82) is 0 Å². The topological polar surface area (TPSA) is 17.3 Å². The van der Waals surface area contributed by atoms with Crippen LogP contribution in [-0.2, 0) is 19.3 Å². The van der Waals surface area contributed by atoms with E-state index in [0.29, 0.717) is 0 Å². The van der Waals surface area contributed by atoms with E-state index in [1.807, 2.05) is 6.20 Å². The van der Waals surface area contributed by atoms with Crippen molar-refractivity contribution in [3.63, 3.8) is 0 Å². The van der Waals surface area contributed by atoms with E-state index in [4.69, 9.17) is 4.98 Å². The summed E-state index contributed by atoms with van der Waals surface area (Å²) in [6.07, 6.45) is 5.11. The van der Waals surface area contributed by atoms with Crippen molar-refractivity contribution in [2.45, 2.75) is 81.6 Å². The molecule has 0 atom stereocenters. The predicted octanol–water partition coefficient (Wildman–Crippen LogP) is 11.3. The number of fused-ring (bicyclic) bond motifs is 7. The van der Waals surface area contributed by atoms with Gasteiger partial charge in [0.05, 0.1) is 22.1 Å². The number of benzene rings is 4. The second kappa shape index (κ2) is 8.93. The van der Waals surface area contributed by atoms with Crippen molar-refractivity contribution in [2.75, 3.05) is 0 Å². The molecule has 0 spiro atoms. The summed E-state index contributed by atoms with van der Waals surface area (Å²) in [6.45, 7) is 21.1. The SMILES string of the molecule is CC(C)(C)Cc1ccc2c(CC(C)(C)C)c3c(cc2c1)c1nccc2ccc4c5cc(CC(C)(C)C)ccc5n3c4c21. The Bertz CT molecular complexity index is 2150. The van der Waals surface area contributed by atoms with Crippen molar-refractivity contribution in [3.05, 3.63) is 83.6 Å². The van der Waals surface area contributed by atoms with Gasteiger partial charge in [-0.25, -0.2) is 0 Å². The van der Waals surface area contributed by atoms with Crippen LogP contribution in [0.2, 0.25) is 0 Å². The molecule has 3 heterocycles. The molecule has 0 aliphatic heterocycles. The fourth-order valence-corrected chi connectivity index (χ4v) is 7.36. The summed E-state index contributed by atoms with van der Waals surface area (Å²) >= 11 is 0.